The van der Waals surface area contributed by atoms with Gasteiger partial charge in [-0.2, -0.15) is 0 Å². The summed E-state index contributed by atoms with van der Waals surface area (Å²) in [5.41, 5.74) is 5.33. The summed E-state index contributed by atoms with van der Waals surface area (Å²) in [5, 5.41) is 0. The molecule has 0 bridgehead atoms. The van der Waals surface area contributed by atoms with Gasteiger partial charge < -0.3 is 9.30 Å². The molecule has 0 amide bonds. The third-order valence-corrected chi connectivity index (χ3v) is 6.65. The van der Waals surface area contributed by atoms with Crippen molar-refractivity contribution >= 4 is 11.0 Å². The molecule has 0 unspecified atom stereocenters. The number of likely N-dealkylation sites (tertiary alicyclic amines) is 1. The van der Waals surface area contributed by atoms with Crippen molar-refractivity contribution in [2.45, 2.75) is 52.1 Å². The fourth-order valence-electron chi connectivity index (χ4n) is 5.05. The van der Waals surface area contributed by atoms with Crippen LogP contribution in [0.4, 0.5) is 4.39 Å². The van der Waals surface area contributed by atoms with Crippen LogP contribution in [0.25, 0.3) is 11.0 Å². The molecule has 3 aromatic rings. The largest absolute Gasteiger partial charge is 0.494 e. The van der Waals surface area contributed by atoms with Crippen molar-refractivity contribution in [2.24, 2.45) is 5.92 Å². The molecule has 0 spiro atoms. The van der Waals surface area contributed by atoms with Crippen molar-refractivity contribution in [3.63, 3.8) is 0 Å². The summed E-state index contributed by atoms with van der Waals surface area (Å²) >= 11 is 0. The summed E-state index contributed by atoms with van der Waals surface area (Å²) in [7, 11) is 0. The third-order valence-electron chi connectivity index (χ3n) is 6.65. The molecule has 1 fully saturated rings. The molecule has 2 aliphatic heterocycles. The van der Waals surface area contributed by atoms with Crippen molar-refractivity contribution < 1.29 is 9.13 Å². The molecular formula is C25H30FN3O. The van der Waals surface area contributed by atoms with Gasteiger partial charge in [-0.1, -0.05) is 6.07 Å². The number of imidazole rings is 1. The van der Waals surface area contributed by atoms with E-state index in [2.05, 4.69) is 28.5 Å². The lowest BCUT2D eigenvalue weighted by molar-refractivity contribution is 0.153. The van der Waals surface area contributed by atoms with Gasteiger partial charge >= 0.3 is 0 Å². The molecule has 158 valence electrons. The first-order valence-electron chi connectivity index (χ1n) is 11.2. The Hall–Kier alpha value is -2.40. The lowest BCUT2D eigenvalue weighted by atomic mass is 9.94. The Morgan fingerprint density at radius 3 is 2.70 bits per heavy atom. The fourth-order valence-corrected chi connectivity index (χ4v) is 5.05. The summed E-state index contributed by atoms with van der Waals surface area (Å²) < 4.78 is 21.2. The van der Waals surface area contributed by atoms with E-state index in [9.17, 15) is 4.39 Å². The lowest BCUT2D eigenvalue weighted by Crippen LogP contribution is -2.34. The first-order chi connectivity index (χ1) is 14.7. The second-order valence-corrected chi connectivity index (χ2v) is 8.89. The van der Waals surface area contributed by atoms with Gasteiger partial charge in [0.1, 0.15) is 17.4 Å². The molecular weight excluding hydrogens is 377 g/mol. The van der Waals surface area contributed by atoms with Crippen molar-refractivity contribution in [3.8, 4) is 5.75 Å². The zero-order chi connectivity index (χ0) is 20.5. The molecule has 0 atom stereocenters. The van der Waals surface area contributed by atoms with Gasteiger partial charge in [0.25, 0.3) is 0 Å². The zero-order valence-electron chi connectivity index (χ0n) is 17.7. The number of rotatable bonds is 6. The second kappa shape index (κ2) is 8.38. The SMILES string of the molecule is Cc1cc2c3c(c1)nc(CN1CCC(CCOc4ccc(F)cc4)CC1)n3CCC2. The quantitative estimate of drug-likeness (QED) is 0.569. The van der Waals surface area contributed by atoms with Crippen LogP contribution in [0.3, 0.4) is 0 Å². The van der Waals surface area contributed by atoms with Crippen LogP contribution in [-0.2, 0) is 19.5 Å². The molecule has 1 aromatic heterocycles. The number of ether oxygens (including phenoxy) is 1. The normalized spacial score (nSPS) is 17.5. The molecule has 30 heavy (non-hydrogen) atoms. The predicted molar refractivity (Wildman–Crippen MR) is 117 cm³/mol. The molecule has 1 saturated heterocycles. The van der Waals surface area contributed by atoms with Gasteiger partial charge in [-0.3, -0.25) is 4.90 Å². The Labute approximate surface area is 177 Å². The maximum atomic E-state index is 13.0. The summed E-state index contributed by atoms with van der Waals surface area (Å²) in [5.74, 6) is 2.47. The monoisotopic (exact) mass is 407 g/mol. The first-order valence-corrected chi connectivity index (χ1v) is 11.2. The minimum atomic E-state index is -0.222. The molecule has 0 aliphatic carbocycles. The van der Waals surface area contributed by atoms with E-state index < -0.39 is 0 Å². The van der Waals surface area contributed by atoms with Crippen molar-refractivity contribution in [2.75, 3.05) is 19.7 Å². The number of aromatic nitrogens is 2. The van der Waals surface area contributed by atoms with Crippen molar-refractivity contribution in [1.82, 2.24) is 14.5 Å². The van der Waals surface area contributed by atoms with E-state index in [0.29, 0.717) is 12.5 Å². The second-order valence-electron chi connectivity index (χ2n) is 8.89. The smallest absolute Gasteiger partial charge is 0.124 e. The lowest BCUT2D eigenvalue weighted by Gasteiger charge is -2.32. The molecule has 3 heterocycles. The number of halogens is 1. The van der Waals surface area contributed by atoms with Crippen molar-refractivity contribution in [1.29, 1.82) is 0 Å². The van der Waals surface area contributed by atoms with E-state index in [0.717, 1.165) is 38.3 Å². The predicted octanol–water partition coefficient (Wildman–Crippen LogP) is 5.11. The average Bonchev–Trinajstić information content (AvgIpc) is 3.09. The summed E-state index contributed by atoms with van der Waals surface area (Å²) in [6.45, 7) is 7.17. The van der Waals surface area contributed by atoms with Gasteiger partial charge in [-0.25, -0.2) is 9.37 Å². The number of aryl methyl sites for hydroxylation is 3. The summed E-state index contributed by atoms with van der Waals surface area (Å²) in [6.07, 6.45) is 5.86. The highest BCUT2D eigenvalue weighted by molar-refractivity contribution is 5.81. The highest BCUT2D eigenvalue weighted by Crippen LogP contribution is 2.29. The molecule has 2 aromatic carbocycles. The minimum absolute atomic E-state index is 0.222. The van der Waals surface area contributed by atoms with Crippen LogP contribution in [0.15, 0.2) is 36.4 Å². The number of hydrogen-bond donors (Lipinski definition) is 0. The average molecular weight is 408 g/mol. The topological polar surface area (TPSA) is 30.3 Å². The molecule has 0 saturated carbocycles. The molecule has 4 nitrogen and oxygen atoms in total. The van der Waals surface area contributed by atoms with E-state index in [1.165, 1.54) is 65.8 Å². The third kappa shape index (κ3) is 4.08. The zero-order valence-corrected chi connectivity index (χ0v) is 17.7. The molecule has 0 N–H and O–H groups in total. The Morgan fingerprint density at radius 1 is 1.10 bits per heavy atom. The van der Waals surface area contributed by atoms with Gasteiger partial charge in [-0.15, -0.1) is 0 Å². The fraction of sp³-hybridized carbons (Fsp3) is 0.480. The summed E-state index contributed by atoms with van der Waals surface area (Å²) in [4.78, 5) is 7.58. The van der Waals surface area contributed by atoms with E-state index in [1.807, 2.05) is 0 Å². The standard InChI is InChI=1S/C25H30FN3O/c1-18-15-20-3-2-11-29-24(27-23(16-18)25(20)29)17-28-12-8-19(9-13-28)10-14-30-22-6-4-21(26)5-7-22/h4-7,15-16,19H,2-3,8-14,17H2,1H3. The number of nitrogens with zero attached hydrogens (tertiary/aromatic N) is 3. The maximum absolute atomic E-state index is 13.0. The molecule has 5 heteroatoms. The van der Waals surface area contributed by atoms with Crippen molar-refractivity contribution in [3.05, 3.63) is 59.2 Å². The maximum Gasteiger partial charge on any atom is 0.124 e. The Morgan fingerprint density at radius 2 is 1.90 bits per heavy atom. The minimum Gasteiger partial charge on any atom is -0.494 e. The number of benzene rings is 2. The Bertz CT molecular complexity index is 1020. The first kappa shape index (κ1) is 19.6. The van der Waals surface area contributed by atoms with E-state index >= 15 is 0 Å². The Kier molecular flexibility index (Phi) is 5.47. The molecule has 2 aliphatic rings. The number of hydrogen-bond acceptors (Lipinski definition) is 3. The van der Waals surface area contributed by atoms with Gasteiger partial charge in [-0.05, 0) is 99.5 Å². The van der Waals surface area contributed by atoms with Crippen LogP contribution in [0.1, 0.15) is 42.6 Å². The highest BCUT2D eigenvalue weighted by Gasteiger charge is 2.23. The van der Waals surface area contributed by atoms with Crippen LogP contribution in [-0.4, -0.2) is 34.1 Å². The van der Waals surface area contributed by atoms with Crippen LogP contribution in [0.5, 0.6) is 5.75 Å². The van der Waals surface area contributed by atoms with E-state index in [4.69, 9.17) is 9.72 Å². The van der Waals surface area contributed by atoms with Crippen LogP contribution in [0, 0.1) is 18.7 Å². The Balaban J connectivity index is 1.15. The molecule has 5 rings (SSSR count). The van der Waals surface area contributed by atoms with Gasteiger partial charge in [0, 0.05) is 6.54 Å². The van der Waals surface area contributed by atoms with E-state index in [-0.39, 0.29) is 5.82 Å². The van der Waals surface area contributed by atoms with Crippen LogP contribution < -0.4 is 4.74 Å². The van der Waals surface area contributed by atoms with Gasteiger partial charge in [0.2, 0.25) is 0 Å². The van der Waals surface area contributed by atoms with Crippen LogP contribution >= 0.6 is 0 Å². The number of piperidine rings is 1. The molecule has 0 radical (unpaired) electrons. The summed E-state index contributed by atoms with van der Waals surface area (Å²) in [6, 6.07) is 10.9. The van der Waals surface area contributed by atoms with Crippen LogP contribution in [0.2, 0.25) is 0 Å². The van der Waals surface area contributed by atoms with Gasteiger partial charge in [0.05, 0.1) is 24.2 Å². The van der Waals surface area contributed by atoms with E-state index in [1.54, 1.807) is 12.1 Å². The highest BCUT2D eigenvalue weighted by atomic mass is 19.1. The van der Waals surface area contributed by atoms with Gasteiger partial charge in [0.15, 0.2) is 0 Å².